The Morgan fingerprint density at radius 3 is 2.94 bits per heavy atom. The minimum Gasteiger partial charge on any atom is -0.495 e. The zero-order valence-corrected chi connectivity index (χ0v) is 11.0. The molecule has 3 rings (SSSR count). The number of halogens is 2. The molecule has 0 amide bonds. The summed E-state index contributed by atoms with van der Waals surface area (Å²) >= 11 is 6.11. The summed E-state index contributed by atoms with van der Waals surface area (Å²) in [7, 11) is 1.64. The number of hydrogen-bond acceptors (Lipinski definition) is 2. The zero-order chi connectivity index (χ0) is 11.1. The van der Waals surface area contributed by atoms with E-state index in [9.17, 15) is 0 Å². The Hall–Kier alpha value is -0.900. The molecule has 0 saturated heterocycles. The van der Waals surface area contributed by atoms with Crippen LogP contribution in [0.25, 0.3) is 10.9 Å². The summed E-state index contributed by atoms with van der Waals surface area (Å²) in [5, 5.41) is 5.24. The summed E-state index contributed by atoms with van der Waals surface area (Å²) in [6, 6.07) is 3.95. The second-order valence-corrected chi connectivity index (χ2v) is 4.45. The Kier molecular flexibility index (Phi) is 3.52. The lowest BCUT2D eigenvalue weighted by atomic mass is 10.1. The average molecular weight is 273 g/mol. The topological polar surface area (TPSA) is 37.0 Å². The molecule has 2 aromatic rings. The van der Waals surface area contributed by atoms with E-state index in [1.165, 1.54) is 16.6 Å². The molecule has 0 fully saturated rings. The fourth-order valence-corrected chi connectivity index (χ4v) is 2.55. The number of H-pyrrole nitrogens is 1. The van der Waals surface area contributed by atoms with E-state index >= 15 is 0 Å². The van der Waals surface area contributed by atoms with Gasteiger partial charge in [0, 0.05) is 36.1 Å². The molecule has 1 aromatic heterocycles. The molecule has 17 heavy (non-hydrogen) atoms. The highest BCUT2D eigenvalue weighted by Gasteiger charge is 2.16. The van der Waals surface area contributed by atoms with Crippen molar-refractivity contribution >= 4 is 34.9 Å². The molecule has 0 bridgehead atoms. The van der Waals surface area contributed by atoms with Crippen molar-refractivity contribution in [3.63, 3.8) is 0 Å². The molecular formula is C12H14Cl2N2O. The van der Waals surface area contributed by atoms with Crippen molar-refractivity contribution in [2.45, 2.75) is 13.0 Å². The number of aromatic amines is 1. The molecule has 0 radical (unpaired) electrons. The Bertz CT molecular complexity index is 551. The number of nitrogens with one attached hydrogen (secondary N) is 2. The Morgan fingerprint density at radius 2 is 2.18 bits per heavy atom. The van der Waals surface area contributed by atoms with Crippen LogP contribution in [0.3, 0.4) is 0 Å². The molecule has 0 aliphatic carbocycles. The van der Waals surface area contributed by atoms with Gasteiger partial charge in [0.25, 0.3) is 0 Å². The van der Waals surface area contributed by atoms with Gasteiger partial charge < -0.3 is 15.0 Å². The first-order chi connectivity index (χ1) is 7.79. The van der Waals surface area contributed by atoms with E-state index < -0.39 is 0 Å². The van der Waals surface area contributed by atoms with Crippen molar-refractivity contribution < 1.29 is 4.74 Å². The first-order valence-corrected chi connectivity index (χ1v) is 5.75. The third kappa shape index (κ3) is 1.99. The van der Waals surface area contributed by atoms with E-state index in [1.807, 2.05) is 12.1 Å². The van der Waals surface area contributed by atoms with E-state index in [2.05, 4.69) is 10.3 Å². The number of fused-ring (bicyclic) bond motifs is 3. The van der Waals surface area contributed by atoms with Gasteiger partial charge in [-0.2, -0.15) is 0 Å². The standard InChI is InChI=1S/C12H13ClN2O.ClH/c1-16-12-4-7-8-6-14-3-2-10(8)15-11(7)5-9(12)13;/h4-5,14-15H,2-3,6H2,1H3;1H. The van der Waals surface area contributed by atoms with Gasteiger partial charge in [-0.05, 0) is 17.7 Å². The largest absolute Gasteiger partial charge is 0.495 e. The van der Waals surface area contributed by atoms with Crippen molar-refractivity contribution in [2.75, 3.05) is 13.7 Å². The lowest BCUT2D eigenvalue weighted by Gasteiger charge is -2.12. The van der Waals surface area contributed by atoms with Crippen LogP contribution in [0.4, 0.5) is 0 Å². The van der Waals surface area contributed by atoms with Crippen LogP contribution in [0.5, 0.6) is 5.75 Å². The summed E-state index contributed by atoms with van der Waals surface area (Å²) in [5.41, 5.74) is 3.76. The monoisotopic (exact) mass is 272 g/mol. The molecule has 1 aliphatic rings. The summed E-state index contributed by atoms with van der Waals surface area (Å²) in [6.07, 6.45) is 1.05. The molecule has 0 spiro atoms. The summed E-state index contributed by atoms with van der Waals surface area (Å²) in [6.45, 7) is 1.95. The van der Waals surface area contributed by atoms with Crippen molar-refractivity contribution in [1.82, 2.24) is 10.3 Å². The van der Waals surface area contributed by atoms with Crippen LogP contribution in [-0.4, -0.2) is 18.6 Å². The minimum absolute atomic E-state index is 0. The van der Waals surface area contributed by atoms with Gasteiger partial charge in [-0.1, -0.05) is 11.6 Å². The lowest BCUT2D eigenvalue weighted by Crippen LogP contribution is -2.22. The fourth-order valence-electron chi connectivity index (χ4n) is 2.31. The van der Waals surface area contributed by atoms with Gasteiger partial charge in [-0.3, -0.25) is 0 Å². The molecule has 0 saturated carbocycles. The smallest absolute Gasteiger partial charge is 0.138 e. The number of ether oxygens (including phenoxy) is 1. The lowest BCUT2D eigenvalue weighted by molar-refractivity contribution is 0.415. The van der Waals surface area contributed by atoms with Crippen molar-refractivity contribution in [3.8, 4) is 5.75 Å². The first kappa shape index (κ1) is 12.6. The van der Waals surface area contributed by atoms with Crippen molar-refractivity contribution in [3.05, 3.63) is 28.4 Å². The molecule has 2 N–H and O–H groups in total. The van der Waals surface area contributed by atoms with E-state index in [-0.39, 0.29) is 12.4 Å². The van der Waals surface area contributed by atoms with Crippen LogP contribution >= 0.6 is 24.0 Å². The number of hydrogen-bond donors (Lipinski definition) is 2. The minimum atomic E-state index is 0. The van der Waals surface area contributed by atoms with Crippen LogP contribution in [-0.2, 0) is 13.0 Å². The molecular weight excluding hydrogens is 259 g/mol. The Balaban J connectivity index is 0.00000108. The van der Waals surface area contributed by atoms with Gasteiger partial charge in [0.15, 0.2) is 0 Å². The van der Waals surface area contributed by atoms with Crippen LogP contribution < -0.4 is 10.1 Å². The maximum atomic E-state index is 6.11. The highest BCUT2D eigenvalue weighted by atomic mass is 35.5. The zero-order valence-electron chi connectivity index (χ0n) is 9.47. The number of aromatic nitrogens is 1. The average Bonchev–Trinajstić information content (AvgIpc) is 2.65. The maximum Gasteiger partial charge on any atom is 0.138 e. The van der Waals surface area contributed by atoms with Gasteiger partial charge in [-0.15, -0.1) is 12.4 Å². The van der Waals surface area contributed by atoms with Gasteiger partial charge in [-0.25, -0.2) is 0 Å². The number of rotatable bonds is 1. The van der Waals surface area contributed by atoms with Crippen LogP contribution in [0, 0.1) is 0 Å². The second kappa shape index (κ2) is 4.77. The fraction of sp³-hybridized carbons (Fsp3) is 0.333. The molecule has 0 unspecified atom stereocenters. The third-order valence-electron chi connectivity index (χ3n) is 3.12. The van der Waals surface area contributed by atoms with Crippen LogP contribution in [0.15, 0.2) is 12.1 Å². The molecule has 92 valence electrons. The summed E-state index contributed by atoms with van der Waals surface area (Å²) < 4.78 is 5.25. The molecule has 1 aromatic carbocycles. The van der Waals surface area contributed by atoms with Gasteiger partial charge in [0.2, 0.25) is 0 Å². The SMILES string of the molecule is COc1cc2c3c([nH]c2cc1Cl)CCNC3.Cl. The van der Waals surface area contributed by atoms with Crippen molar-refractivity contribution in [1.29, 1.82) is 0 Å². The number of benzene rings is 1. The highest BCUT2D eigenvalue weighted by molar-refractivity contribution is 6.32. The normalized spacial score (nSPS) is 14.2. The quantitative estimate of drug-likeness (QED) is 0.838. The highest BCUT2D eigenvalue weighted by Crippen LogP contribution is 2.33. The van der Waals surface area contributed by atoms with Crippen molar-refractivity contribution in [2.24, 2.45) is 0 Å². The predicted molar refractivity (Wildman–Crippen MR) is 72.5 cm³/mol. The number of methoxy groups -OCH3 is 1. The summed E-state index contributed by atoms with van der Waals surface area (Å²) in [5.74, 6) is 0.738. The van der Waals surface area contributed by atoms with E-state index in [0.717, 1.165) is 30.8 Å². The van der Waals surface area contributed by atoms with Gasteiger partial charge >= 0.3 is 0 Å². The Labute approximate surface area is 111 Å². The molecule has 2 heterocycles. The van der Waals surface area contributed by atoms with Gasteiger partial charge in [0.05, 0.1) is 12.1 Å². The first-order valence-electron chi connectivity index (χ1n) is 5.37. The van der Waals surface area contributed by atoms with E-state index in [4.69, 9.17) is 16.3 Å². The van der Waals surface area contributed by atoms with Gasteiger partial charge in [0.1, 0.15) is 5.75 Å². The summed E-state index contributed by atoms with van der Waals surface area (Å²) in [4.78, 5) is 3.43. The van der Waals surface area contributed by atoms with Crippen LogP contribution in [0.1, 0.15) is 11.3 Å². The molecule has 0 atom stereocenters. The Morgan fingerprint density at radius 1 is 1.35 bits per heavy atom. The van der Waals surface area contributed by atoms with E-state index in [0.29, 0.717) is 5.02 Å². The molecule has 3 nitrogen and oxygen atoms in total. The third-order valence-corrected chi connectivity index (χ3v) is 3.42. The molecule has 5 heteroatoms. The second-order valence-electron chi connectivity index (χ2n) is 4.04. The predicted octanol–water partition coefficient (Wildman–Crippen LogP) is 2.90. The maximum absolute atomic E-state index is 6.11. The molecule has 1 aliphatic heterocycles. The van der Waals surface area contributed by atoms with E-state index in [1.54, 1.807) is 7.11 Å². The van der Waals surface area contributed by atoms with Crippen LogP contribution in [0.2, 0.25) is 5.02 Å².